The van der Waals surface area contributed by atoms with E-state index in [0.717, 1.165) is 47.1 Å². The fraction of sp³-hybridized carbons (Fsp3) is 0.600. The first-order chi connectivity index (χ1) is 8.47. The molecule has 2 unspecified atom stereocenters. The second kappa shape index (κ2) is 5.62. The van der Waals surface area contributed by atoms with Crippen LogP contribution in [0.5, 0.6) is 5.75 Å². The maximum Gasteiger partial charge on any atom is 0.123 e. The third kappa shape index (κ3) is 3.07. The van der Waals surface area contributed by atoms with Crippen molar-refractivity contribution in [1.82, 2.24) is 4.90 Å². The van der Waals surface area contributed by atoms with Crippen LogP contribution in [-0.2, 0) is 6.54 Å². The Labute approximate surface area is 118 Å². The summed E-state index contributed by atoms with van der Waals surface area (Å²) in [6.07, 6.45) is 1.26. The monoisotopic (exact) mass is 311 g/mol. The van der Waals surface area contributed by atoms with Gasteiger partial charge in [0.1, 0.15) is 5.75 Å². The van der Waals surface area contributed by atoms with E-state index in [4.69, 9.17) is 0 Å². The van der Waals surface area contributed by atoms with Crippen molar-refractivity contribution in [3.8, 4) is 5.75 Å². The van der Waals surface area contributed by atoms with Crippen LogP contribution in [-0.4, -0.2) is 23.1 Å². The van der Waals surface area contributed by atoms with Crippen molar-refractivity contribution in [3.63, 3.8) is 0 Å². The van der Waals surface area contributed by atoms with Crippen molar-refractivity contribution >= 4 is 15.9 Å². The standard InChI is InChI=1S/C15H22BrNO/c1-10-4-5-17(8-12(10)3)9-13-7-14(16)6-11(2)15(13)18/h6-7,10,12,18H,4-5,8-9H2,1-3H3. The highest BCUT2D eigenvalue weighted by molar-refractivity contribution is 9.10. The molecule has 0 aliphatic carbocycles. The fourth-order valence-electron chi connectivity index (χ4n) is 2.66. The van der Waals surface area contributed by atoms with Crippen LogP contribution in [0.1, 0.15) is 31.4 Å². The van der Waals surface area contributed by atoms with Gasteiger partial charge in [-0.1, -0.05) is 29.8 Å². The lowest BCUT2D eigenvalue weighted by Crippen LogP contribution is -2.37. The van der Waals surface area contributed by atoms with Gasteiger partial charge in [-0.05, 0) is 49.4 Å². The molecule has 1 fully saturated rings. The van der Waals surface area contributed by atoms with Crippen LogP contribution in [0.25, 0.3) is 0 Å². The van der Waals surface area contributed by atoms with Crippen molar-refractivity contribution < 1.29 is 5.11 Å². The van der Waals surface area contributed by atoms with Gasteiger partial charge in [-0.2, -0.15) is 0 Å². The fourth-order valence-corrected chi connectivity index (χ4v) is 3.28. The third-order valence-electron chi connectivity index (χ3n) is 4.16. The number of aromatic hydroxyl groups is 1. The number of halogens is 1. The summed E-state index contributed by atoms with van der Waals surface area (Å²) in [5, 5.41) is 10.1. The Morgan fingerprint density at radius 1 is 1.33 bits per heavy atom. The summed E-state index contributed by atoms with van der Waals surface area (Å²) in [5.41, 5.74) is 1.97. The molecule has 1 aromatic carbocycles. The Bertz CT molecular complexity index is 433. The van der Waals surface area contributed by atoms with Gasteiger partial charge >= 0.3 is 0 Å². The number of aryl methyl sites for hydroxylation is 1. The van der Waals surface area contributed by atoms with Crippen molar-refractivity contribution in [2.45, 2.75) is 33.7 Å². The predicted octanol–water partition coefficient (Wildman–Crippen LogP) is 3.94. The molecule has 0 amide bonds. The summed E-state index contributed by atoms with van der Waals surface area (Å²) in [7, 11) is 0. The zero-order chi connectivity index (χ0) is 13.3. The topological polar surface area (TPSA) is 23.5 Å². The van der Waals surface area contributed by atoms with Crippen LogP contribution < -0.4 is 0 Å². The minimum atomic E-state index is 0.449. The Morgan fingerprint density at radius 3 is 2.72 bits per heavy atom. The molecule has 1 saturated heterocycles. The SMILES string of the molecule is Cc1cc(Br)cc(CN2CCC(C)C(C)C2)c1O. The van der Waals surface area contributed by atoms with Crippen molar-refractivity contribution in [2.75, 3.05) is 13.1 Å². The first kappa shape index (κ1) is 13.9. The van der Waals surface area contributed by atoms with E-state index in [-0.39, 0.29) is 0 Å². The van der Waals surface area contributed by atoms with Gasteiger partial charge in [0.25, 0.3) is 0 Å². The number of nitrogens with zero attached hydrogens (tertiary/aromatic N) is 1. The highest BCUT2D eigenvalue weighted by atomic mass is 79.9. The van der Waals surface area contributed by atoms with E-state index in [0.29, 0.717) is 5.75 Å². The lowest BCUT2D eigenvalue weighted by atomic mass is 9.88. The summed E-state index contributed by atoms with van der Waals surface area (Å²) in [4.78, 5) is 2.45. The van der Waals surface area contributed by atoms with E-state index in [9.17, 15) is 5.11 Å². The number of hydrogen-bond acceptors (Lipinski definition) is 2. The summed E-state index contributed by atoms with van der Waals surface area (Å²) >= 11 is 3.50. The molecule has 1 heterocycles. The second-order valence-corrected chi connectivity index (χ2v) is 6.62. The van der Waals surface area contributed by atoms with Crippen LogP contribution in [0.4, 0.5) is 0 Å². The normalized spacial score (nSPS) is 25.3. The minimum absolute atomic E-state index is 0.449. The Morgan fingerprint density at radius 2 is 2.06 bits per heavy atom. The maximum absolute atomic E-state index is 10.1. The molecule has 1 aliphatic rings. The predicted molar refractivity (Wildman–Crippen MR) is 78.8 cm³/mol. The quantitative estimate of drug-likeness (QED) is 0.894. The molecule has 0 saturated carbocycles. The summed E-state index contributed by atoms with van der Waals surface area (Å²) in [5.74, 6) is 2.01. The van der Waals surface area contributed by atoms with Gasteiger partial charge < -0.3 is 5.11 Å². The molecule has 1 aliphatic heterocycles. The van der Waals surface area contributed by atoms with Crippen LogP contribution in [0.15, 0.2) is 16.6 Å². The van der Waals surface area contributed by atoms with E-state index in [1.54, 1.807) is 0 Å². The van der Waals surface area contributed by atoms with Crippen LogP contribution in [0.2, 0.25) is 0 Å². The smallest absolute Gasteiger partial charge is 0.123 e. The molecule has 2 rings (SSSR count). The molecular weight excluding hydrogens is 290 g/mol. The maximum atomic E-state index is 10.1. The van der Waals surface area contributed by atoms with E-state index >= 15 is 0 Å². The molecule has 100 valence electrons. The number of piperidine rings is 1. The van der Waals surface area contributed by atoms with Gasteiger partial charge in [0.05, 0.1) is 0 Å². The van der Waals surface area contributed by atoms with Gasteiger partial charge in [0, 0.05) is 23.1 Å². The first-order valence-corrected chi connectivity index (χ1v) is 7.47. The zero-order valence-corrected chi connectivity index (χ0v) is 13.0. The van der Waals surface area contributed by atoms with Crippen molar-refractivity contribution in [3.05, 3.63) is 27.7 Å². The minimum Gasteiger partial charge on any atom is -0.507 e. The third-order valence-corrected chi connectivity index (χ3v) is 4.61. The number of rotatable bonds is 2. The molecule has 0 bridgehead atoms. The van der Waals surface area contributed by atoms with Gasteiger partial charge in [0.15, 0.2) is 0 Å². The van der Waals surface area contributed by atoms with E-state index < -0.39 is 0 Å². The molecule has 2 nitrogen and oxygen atoms in total. The van der Waals surface area contributed by atoms with Crippen molar-refractivity contribution in [1.29, 1.82) is 0 Å². The second-order valence-electron chi connectivity index (χ2n) is 5.71. The Balaban J connectivity index is 2.10. The molecule has 2 atom stereocenters. The average Bonchev–Trinajstić information content (AvgIpc) is 2.30. The molecule has 18 heavy (non-hydrogen) atoms. The average molecular weight is 312 g/mol. The molecule has 0 radical (unpaired) electrons. The van der Waals surface area contributed by atoms with Crippen LogP contribution in [0, 0.1) is 18.8 Å². The summed E-state index contributed by atoms with van der Waals surface area (Å²) in [6.45, 7) is 9.72. The van der Waals surface area contributed by atoms with Gasteiger partial charge in [-0.15, -0.1) is 0 Å². The number of likely N-dealkylation sites (tertiary alicyclic amines) is 1. The Kier molecular flexibility index (Phi) is 4.33. The van der Waals surface area contributed by atoms with Gasteiger partial charge in [-0.25, -0.2) is 0 Å². The molecule has 0 aromatic heterocycles. The van der Waals surface area contributed by atoms with E-state index in [2.05, 4.69) is 34.7 Å². The summed E-state index contributed by atoms with van der Waals surface area (Å²) in [6, 6.07) is 3.99. The highest BCUT2D eigenvalue weighted by Crippen LogP contribution is 2.30. The number of phenolic OH excluding ortho intramolecular Hbond substituents is 1. The van der Waals surface area contributed by atoms with E-state index in [1.807, 2.05) is 19.1 Å². The van der Waals surface area contributed by atoms with Gasteiger partial charge in [-0.3, -0.25) is 4.90 Å². The lowest BCUT2D eigenvalue weighted by Gasteiger charge is -2.35. The summed E-state index contributed by atoms with van der Waals surface area (Å²) < 4.78 is 1.05. The number of benzene rings is 1. The largest absolute Gasteiger partial charge is 0.507 e. The van der Waals surface area contributed by atoms with E-state index in [1.165, 1.54) is 6.42 Å². The number of phenols is 1. The highest BCUT2D eigenvalue weighted by Gasteiger charge is 2.23. The molecule has 1 aromatic rings. The lowest BCUT2D eigenvalue weighted by molar-refractivity contribution is 0.131. The number of hydrogen-bond donors (Lipinski definition) is 1. The molecule has 0 spiro atoms. The molecule has 3 heteroatoms. The van der Waals surface area contributed by atoms with Crippen LogP contribution in [0.3, 0.4) is 0 Å². The van der Waals surface area contributed by atoms with Crippen molar-refractivity contribution in [2.24, 2.45) is 11.8 Å². The Hall–Kier alpha value is -0.540. The van der Waals surface area contributed by atoms with Crippen LogP contribution >= 0.6 is 15.9 Å². The first-order valence-electron chi connectivity index (χ1n) is 6.67. The molecule has 1 N–H and O–H groups in total. The van der Waals surface area contributed by atoms with Gasteiger partial charge in [0.2, 0.25) is 0 Å². The zero-order valence-electron chi connectivity index (χ0n) is 11.4. The molecular formula is C15H22BrNO.